The summed E-state index contributed by atoms with van der Waals surface area (Å²) >= 11 is 0. The van der Waals surface area contributed by atoms with Crippen molar-refractivity contribution in [3.63, 3.8) is 0 Å². The molecule has 0 bridgehead atoms. The van der Waals surface area contributed by atoms with Crippen LogP contribution in [0.25, 0.3) is 0 Å². The Morgan fingerprint density at radius 1 is 1.36 bits per heavy atom. The van der Waals surface area contributed by atoms with E-state index in [1.54, 1.807) is 0 Å². The molecule has 0 rings (SSSR count). The minimum Gasteiger partial charge on any atom is -0.325 e. The number of hydrogen-bond acceptors (Lipinski definition) is 1. The minimum atomic E-state index is 0.0475. The van der Waals surface area contributed by atoms with Gasteiger partial charge in [0.25, 0.3) is 0 Å². The van der Waals surface area contributed by atoms with Crippen LogP contribution in [0.3, 0.4) is 0 Å². The Labute approximate surface area is 89.8 Å². The molecule has 2 atom stereocenters. The smallest absolute Gasteiger partial charge is 0.0126 e. The molecule has 2 unspecified atom stereocenters. The summed E-state index contributed by atoms with van der Waals surface area (Å²) in [6.07, 6.45) is 10.4. The number of allylic oxidation sites excluding steroid dienone is 2. The molecular weight excluding hydrogens is 170 g/mol. The minimum absolute atomic E-state index is 0.0475. The summed E-state index contributed by atoms with van der Waals surface area (Å²) in [5, 5.41) is 0. The van der Waals surface area contributed by atoms with E-state index < -0.39 is 0 Å². The molecule has 0 amide bonds. The standard InChI is InChI=1S/C13H27N/c1-5-7-10-13(4,14)11-9-12(3)8-6-2/h6,8,12H,5,7,9-11,14H2,1-4H3/b8-6+. The third kappa shape index (κ3) is 7.14. The predicted molar refractivity (Wildman–Crippen MR) is 65.3 cm³/mol. The molecule has 0 fully saturated rings. The van der Waals surface area contributed by atoms with Gasteiger partial charge in [0.2, 0.25) is 0 Å². The molecule has 0 spiro atoms. The zero-order valence-electron chi connectivity index (χ0n) is 10.3. The number of nitrogens with two attached hydrogens (primary N) is 1. The van der Waals surface area contributed by atoms with Crippen LogP contribution in [0.1, 0.15) is 59.8 Å². The quantitative estimate of drug-likeness (QED) is 0.616. The molecule has 0 aliphatic carbocycles. The van der Waals surface area contributed by atoms with E-state index in [4.69, 9.17) is 5.73 Å². The summed E-state index contributed by atoms with van der Waals surface area (Å²) in [7, 11) is 0. The third-order valence-corrected chi connectivity index (χ3v) is 2.79. The van der Waals surface area contributed by atoms with Gasteiger partial charge in [0.15, 0.2) is 0 Å². The van der Waals surface area contributed by atoms with E-state index in [0.29, 0.717) is 5.92 Å². The zero-order valence-corrected chi connectivity index (χ0v) is 10.3. The van der Waals surface area contributed by atoms with E-state index in [2.05, 4.69) is 39.8 Å². The highest BCUT2D eigenvalue weighted by Crippen LogP contribution is 2.20. The van der Waals surface area contributed by atoms with Gasteiger partial charge < -0.3 is 5.73 Å². The summed E-state index contributed by atoms with van der Waals surface area (Å²) in [4.78, 5) is 0. The Kier molecular flexibility index (Phi) is 6.90. The molecule has 14 heavy (non-hydrogen) atoms. The summed E-state index contributed by atoms with van der Waals surface area (Å²) in [6.45, 7) is 8.74. The number of hydrogen-bond donors (Lipinski definition) is 1. The topological polar surface area (TPSA) is 26.0 Å². The van der Waals surface area contributed by atoms with E-state index in [1.807, 2.05) is 0 Å². The predicted octanol–water partition coefficient (Wildman–Crippen LogP) is 3.89. The van der Waals surface area contributed by atoms with Crippen LogP contribution in [0.4, 0.5) is 0 Å². The maximum Gasteiger partial charge on any atom is 0.0126 e. The lowest BCUT2D eigenvalue weighted by atomic mass is 9.88. The van der Waals surface area contributed by atoms with Gasteiger partial charge in [0.05, 0.1) is 0 Å². The van der Waals surface area contributed by atoms with Crippen molar-refractivity contribution in [2.24, 2.45) is 11.7 Å². The molecule has 0 radical (unpaired) electrons. The number of rotatable bonds is 7. The van der Waals surface area contributed by atoms with E-state index >= 15 is 0 Å². The molecule has 1 heteroatoms. The molecular formula is C13H27N. The van der Waals surface area contributed by atoms with Gasteiger partial charge in [0, 0.05) is 5.54 Å². The Balaban J connectivity index is 3.74. The van der Waals surface area contributed by atoms with Crippen molar-refractivity contribution in [1.29, 1.82) is 0 Å². The third-order valence-electron chi connectivity index (χ3n) is 2.79. The normalized spacial score (nSPS) is 18.4. The second kappa shape index (κ2) is 7.05. The molecule has 1 nitrogen and oxygen atoms in total. The zero-order chi connectivity index (χ0) is 11.0. The first kappa shape index (κ1) is 13.7. The molecule has 0 saturated heterocycles. The summed E-state index contributed by atoms with van der Waals surface area (Å²) in [5.41, 5.74) is 6.27. The van der Waals surface area contributed by atoms with E-state index in [0.717, 1.165) is 12.8 Å². The van der Waals surface area contributed by atoms with Crippen molar-refractivity contribution in [3.8, 4) is 0 Å². The monoisotopic (exact) mass is 197 g/mol. The van der Waals surface area contributed by atoms with Gasteiger partial charge in [-0.05, 0) is 39.0 Å². The molecule has 0 aromatic carbocycles. The summed E-state index contributed by atoms with van der Waals surface area (Å²) in [5.74, 6) is 0.671. The maximum atomic E-state index is 6.22. The Morgan fingerprint density at radius 3 is 2.50 bits per heavy atom. The fourth-order valence-electron chi connectivity index (χ4n) is 1.69. The van der Waals surface area contributed by atoms with Crippen LogP contribution in [-0.2, 0) is 0 Å². The van der Waals surface area contributed by atoms with Gasteiger partial charge in [-0.1, -0.05) is 38.8 Å². The summed E-state index contributed by atoms with van der Waals surface area (Å²) in [6, 6.07) is 0. The fourth-order valence-corrected chi connectivity index (χ4v) is 1.69. The van der Waals surface area contributed by atoms with Gasteiger partial charge in [-0.2, -0.15) is 0 Å². The lowest BCUT2D eigenvalue weighted by Gasteiger charge is -2.25. The SMILES string of the molecule is C/C=C/C(C)CCC(C)(N)CCCC. The van der Waals surface area contributed by atoms with Crippen molar-refractivity contribution in [1.82, 2.24) is 0 Å². The average Bonchev–Trinajstić information content (AvgIpc) is 2.13. The van der Waals surface area contributed by atoms with E-state index in [-0.39, 0.29) is 5.54 Å². The van der Waals surface area contributed by atoms with Crippen molar-refractivity contribution >= 4 is 0 Å². The van der Waals surface area contributed by atoms with Gasteiger partial charge in [-0.15, -0.1) is 0 Å². The molecule has 0 heterocycles. The fraction of sp³-hybridized carbons (Fsp3) is 0.846. The summed E-state index contributed by atoms with van der Waals surface area (Å²) < 4.78 is 0. The highest BCUT2D eigenvalue weighted by atomic mass is 14.7. The van der Waals surface area contributed by atoms with Crippen LogP contribution in [0.5, 0.6) is 0 Å². The van der Waals surface area contributed by atoms with E-state index in [9.17, 15) is 0 Å². The van der Waals surface area contributed by atoms with Crippen molar-refractivity contribution in [2.45, 2.75) is 65.3 Å². The molecule has 0 saturated carbocycles. The number of unbranched alkanes of at least 4 members (excludes halogenated alkanes) is 1. The largest absolute Gasteiger partial charge is 0.325 e. The second-order valence-electron chi connectivity index (χ2n) is 4.80. The van der Waals surface area contributed by atoms with Crippen LogP contribution < -0.4 is 5.73 Å². The Morgan fingerprint density at radius 2 is 2.00 bits per heavy atom. The molecule has 0 aromatic heterocycles. The maximum absolute atomic E-state index is 6.22. The van der Waals surface area contributed by atoms with Crippen molar-refractivity contribution in [3.05, 3.63) is 12.2 Å². The van der Waals surface area contributed by atoms with Gasteiger partial charge >= 0.3 is 0 Å². The van der Waals surface area contributed by atoms with Crippen LogP contribution in [0.15, 0.2) is 12.2 Å². The lowest BCUT2D eigenvalue weighted by Crippen LogP contribution is -2.36. The van der Waals surface area contributed by atoms with Crippen LogP contribution in [0, 0.1) is 5.92 Å². The molecule has 84 valence electrons. The van der Waals surface area contributed by atoms with Gasteiger partial charge in [-0.25, -0.2) is 0 Å². The van der Waals surface area contributed by atoms with E-state index in [1.165, 1.54) is 19.3 Å². The highest BCUT2D eigenvalue weighted by Gasteiger charge is 2.17. The van der Waals surface area contributed by atoms with Crippen molar-refractivity contribution in [2.75, 3.05) is 0 Å². The first-order valence-corrected chi connectivity index (χ1v) is 5.93. The first-order chi connectivity index (χ1) is 6.52. The Hall–Kier alpha value is -0.300. The first-order valence-electron chi connectivity index (χ1n) is 5.93. The van der Waals surface area contributed by atoms with Crippen molar-refractivity contribution < 1.29 is 0 Å². The average molecular weight is 197 g/mol. The van der Waals surface area contributed by atoms with Crippen LogP contribution in [0.2, 0.25) is 0 Å². The van der Waals surface area contributed by atoms with Gasteiger partial charge in [-0.3, -0.25) is 0 Å². The van der Waals surface area contributed by atoms with Crippen LogP contribution in [-0.4, -0.2) is 5.54 Å². The van der Waals surface area contributed by atoms with Crippen LogP contribution >= 0.6 is 0 Å². The molecule has 2 N–H and O–H groups in total. The lowest BCUT2D eigenvalue weighted by molar-refractivity contribution is 0.361. The van der Waals surface area contributed by atoms with Gasteiger partial charge in [0.1, 0.15) is 0 Å². The second-order valence-corrected chi connectivity index (χ2v) is 4.80. The molecule has 0 aliphatic rings. The highest BCUT2D eigenvalue weighted by molar-refractivity contribution is 4.86. The molecule has 0 aliphatic heterocycles. The Bertz CT molecular complexity index is 159. The molecule has 0 aromatic rings.